The smallest absolute Gasteiger partial charge is 0.345 e. The van der Waals surface area contributed by atoms with Crippen LogP contribution in [0.5, 0.6) is 0 Å². The van der Waals surface area contributed by atoms with Gasteiger partial charge in [-0.2, -0.15) is 21.9 Å². The summed E-state index contributed by atoms with van der Waals surface area (Å²) in [4.78, 5) is 8.68. The minimum Gasteiger partial charge on any atom is -0.345 e. The Morgan fingerprint density at radius 2 is 0.780 bits per heavy atom. The van der Waals surface area contributed by atoms with Gasteiger partial charge in [0.2, 0.25) is 0 Å². The van der Waals surface area contributed by atoms with Crippen molar-refractivity contribution in [3.63, 3.8) is 0 Å². The normalized spacial score (nSPS) is 13.9. The minimum absolute atomic E-state index is 0. The van der Waals surface area contributed by atoms with Gasteiger partial charge in [-0.1, -0.05) is 147 Å². The van der Waals surface area contributed by atoms with Crippen LogP contribution in [0.3, 0.4) is 0 Å². The zero-order valence-electron chi connectivity index (χ0n) is 29.9. The van der Waals surface area contributed by atoms with Crippen LogP contribution >= 0.6 is 0 Å². The van der Waals surface area contributed by atoms with Crippen molar-refractivity contribution in [3.8, 4) is 0 Å². The molecule has 248 valence electrons. The van der Waals surface area contributed by atoms with E-state index in [9.17, 15) is 0 Å². The van der Waals surface area contributed by atoms with Gasteiger partial charge in [-0.3, -0.25) is 10.7 Å². The molecule has 7 rings (SSSR count). The number of nitrogens with zero attached hydrogens (tertiary/aromatic N) is 2. The molecule has 0 amide bonds. The van der Waals surface area contributed by atoms with Crippen LogP contribution in [-0.4, -0.2) is 24.2 Å². The summed E-state index contributed by atoms with van der Waals surface area (Å²) in [6.07, 6.45) is 22.5. The number of aryl methyl sites for hydroxylation is 2. The van der Waals surface area contributed by atoms with E-state index in [1.54, 1.807) is 6.20 Å². The molecule has 0 N–H and O–H groups in total. The summed E-state index contributed by atoms with van der Waals surface area (Å²) < 4.78 is 0. The van der Waals surface area contributed by atoms with Crippen LogP contribution in [0, 0.1) is 83.8 Å². The van der Waals surface area contributed by atoms with Gasteiger partial charge < -0.3 is 4.98 Å². The first kappa shape index (κ1) is 41.3. The minimum atomic E-state index is -1.24. The van der Waals surface area contributed by atoms with E-state index in [2.05, 4.69) is 157 Å². The Bertz CT molecular complexity index is 1460. The molecule has 5 heteroatoms. The zero-order valence-corrected chi connectivity index (χ0v) is 33.4. The molecule has 1 heterocycles. The van der Waals surface area contributed by atoms with Crippen LogP contribution in [0.2, 0.25) is 19.6 Å². The number of hydrogen-bond acceptors (Lipinski definition) is 2. The average molecular weight is 746 g/mol. The number of aromatic nitrogens is 2. The van der Waals surface area contributed by atoms with Crippen molar-refractivity contribution in [2.24, 2.45) is 0 Å². The van der Waals surface area contributed by atoms with E-state index < -0.39 is 14.2 Å². The molecule has 0 spiro atoms. The quantitative estimate of drug-likeness (QED) is 0.131. The summed E-state index contributed by atoms with van der Waals surface area (Å²) in [7, 11) is -1.24. The Kier molecular flexibility index (Phi) is 18.1. The fourth-order valence-corrected chi connectivity index (χ4v) is 6.26. The monoisotopic (exact) mass is 744 g/mol. The molecule has 2 nitrogen and oxygen atoms in total. The van der Waals surface area contributed by atoms with Gasteiger partial charge in [0.15, 0.2) is 0 Å². The molecule has 4 aromatic carbocycles. The first-order valence-electron chi connectivity index (χ1n) is 16.9. The van der Waals surface area contributed by atoms with Crippen LogP contribution in [0.1, 0.15) is 17.1 Å². The summed E-state index contributed by atoms with van der Waals surface area (Å²) in [5.41, 5.74) is 11.7. The molecule has 0 bridgehead atoms. The third kappa shape index (κ3) is 12.9. The molecular weight excluding hydrogens is 699 g/mol. The van der Waals surface area contributed by atoms with Crippen LogP contribution in [0.15, 0.2) is 128 Å². The molecule has 2 aliphatic rings. The molecule has 5 aromatic rings. The van der Waals surface area contributed by atoms with Gasteiger partial charge in [-0.15, -0.1) is 0 Å². The van der Waals surface area contributed by atoms with Crippen LogP contribution in [0.25, 0.3) is 6.08 Å². The summed E-state index contributed by atoms with van der Waals surface area (Å²) in [6, 6.07) is 43.5. The van der Waals surface area contributed by atoms with Crippen molar-refractivity contribution in [2.45, 2.75) is 33.5 Å². The average Bonchev–Trinajstić information content (AvgIpc) is 3.92. The summed E-state index contributed by atoms with van der Waals surface area (Å²) in [5, 5.41) is 0. The van der Waals surface area contributed by atoms with Crippen LogP contribution in [0.4, 0.5) is 0 Å². The maximum atomic E-state index is 4.42. The molecule has 10 radical (unpaired) electrons. The van der Waals surface area contributed by atoms with Crippen molar-refractivity contribution in [1.29, 1.82) is 0 Å². The molecule has 2 fully saturated rings. The molecule has 0 aliphatic heterocycles. The van der Waals surface area contributed by atoms with Gasteiger partial charge in [-0.05, 0) is 92.3 Å². The molecule has 50 heavy (non-hydrogen) atoms. The number of benzene rings is 4. The third-order valence-electron chi connectivity index (χ3n) is 8.17. The fraction of sp³-hybridized carbons (Fsp3) is 0.111. The number of hydrogen-bond donors (Lipinski definition) is 0. The summed E-state index contributed by atoms with van der Waals surface area (Å²) in [6.45, 7) is 10.7. The predicted molar refractivity (Wildman–Crippen MR) is 216 cm³/mol. The third-order valence-corrected chi connectivity index (χ3v) is 9.18. The van der Waals surface area contributed by atoms with Crippen LogP contribution in [-0.2, 0) is 26.2 Å². The molecular formula is C45H47BN2SiZr. The Labute approximate surface area is 324 Å². The van der Waals surface area contributed by atoms with Crippen molar-refractivity contribution < 1.29 is 26.2 Å². The largest absolute Gasteiger partial charge is 2.00 e. The van der Waals surface area contributed by atoms with E-state index >= 15 is 0 Å². The first-order valence-corrected chi connectivity index (χ1v) is 20.4. The van der Waals surface area contributed by atoms with Crippen LogP contribution < -0.4 is 21.9 Å². The first-order chi connectivity index (χ1) is 23.8. The van der Waals surface area contributed by atoms with Gasteiger partial charge in [0, 0.05) is 5.69 Å². The maximum absolute atomic E-state index is 4.42. The van der Waals surface area contributed by atoms with E-state index in [4.69, 9.17) is 0 Å². The Morgan fingerprint density at radius 1 is 0.480 bits per heavy atom. The molecule has 0 unspecified atom stereocenters. The zero-order chi connectivity index (χ0) is 34.8. The van der Waals surface area contributed by atoms with Gasteiger partial charge in [-0.25, -0.2) is 6.08 Å². The van der Waals surface area contributed by atoms with E-state index in [0.717, 1.165) is 17.1 Å². The Balaban J connectivity index is 0.000000225. The molecule has 2 aliphatic carbocycles. The Morgan fingerprint density at radius 3 is 1.04 bits per heavy atom. The summed E-state index contributed by atoms with van der Waals surface area (Å²) >= 11 is 0. The number of rotatable bonds is 6. The molecule has 0 saturated heterocycles. The van der Waals surface area contributed by atoms with Crippen molar-refractivity contribution in [2.75, 3.05) is 0 Å². The second-order valence-electron chi connectivity index (χ2n) is 12.9. The maximum Gasteiger partial charge on any atom is 2.00 e. The fourth-order valence-electron chi connectivity index (χ4n) is 5.68. The van der Waals surface area contributed by atoms with Gasteiger partial charge in [0.05, 0.1) is 5.69 Å². The standard InChI is InChI=1S/C24H20B.C11H17N2Si.2C5H5.Zr/c1-5-13-21(14-6-1)25(22-15-7-2-8-16-22,23-17-9-3-10-18-23)24-19-11-4-12-20-24;1-9-10(2)13-11(8-12-9)6-7-14(3,4)5;2*1-2-4-5-3-1;/h1-20H;6,8H,1-5H3;2*1-5H;/q2*-1;;;+2. The predicted octanol–water partition coefficient (Wildman–Crippen LogP) is 7.89. The second kappa shape index (κ2) is 21.9. The van der Waals surface area contributed by atoms with Gasteiger partial charge in [0.25, 0.3) is 0 Å². The van der Waals surface area contributed by atoms with E-state index in [1.807, 2.05) is 84.1 Å². The SMILES string of the molecule is Cc1ncc(C=[C-][Si](C)(C)C)nc1C.[CH]1[CH][CH][CH][CH]1.[CH]1[CH][CH][CH][CH]1.[Zr+2].c1ccc([B-](c2ccccc2)(c2ccccc2)c2ccccc2)cc1. The van der Waals surface area contributed by atoms with E-state index in [0.29, 0.717) is 0 Å². The summed E-state index contributed by atoms with van der Waals surface area (Å²) in [5.74, 6) is 0. The molecule has 0 atom stereocenters. The van der Waals surface area contributed by atoms with E-state index in [-0.39, 0.29) is 26.2 Å². The Hall–Kier alpha value is -3.14. The van der Waals surface area contributed by atoms with Gasteiger partial charge in [0.1, 0.15) is 6.15 Å². The molecule has 2 saturated carbocycles. The molecule has 1 aromatic heterocycles. The van der Waals surface area contributed by atoms with E-state index in [1.165, 1.54) is 21.9 Å². The topological polar surface area (TPSA) is 25.8 Å². The van der Waals surface area contributed by atoms with Crippen molar-refractivity contribution in [3.05, 3.63) is 215 Å². The van der Waals surface area contributed by atoms with Crippen molar-refractivity contribution >= 4 is 42.1 Å². The van der Waals surface area contributed by atoms with Gasteiger partial charge >= 0.3 is 26.2 Å². The second-order valence-corrected chi connectivity index (χ2v) is 17.7. The van der Waals surface area contributed by atoms with Crippen molar-refractivity contribution in [1.82, 2.24) is 9.97 Å².